The molecule has 0 aromatic heterocycles. The van der Waals surface area contributed by atoms with Crippen LogP contribution in [-0.2, 0) is 23.4 Å². The predicted molar refractivity (Wildman–Crippen MR) is 130 cm³/mol. The summed E-state index contributed by atoms with van der Waals surface area (Å²) in [6.45, 7) is 8.70. The molecule has 0 saturated carbocycles. The number of fused-ring (bicyclic) bond motifs is 2. The number of carbonyl (C=O) groups is 1. The minimum atomic E-state index is -2.81. The zero-order valence-electron chi connectivity index (χ0n) is 20.0. The zero-order chi connectivity index (χ0) is 24.4. The van der Waals surface area contributed by atoms with Crippen molar-refractivity contribution in [3.63, 3.8) is 0 Å². The van der Waals surface area contributed by atoms with Crippen molar-refractivity contribution in [3.05, 3.63) is 71.1 Å². The first-order valence-corrected chi connectivity index (χ1v) is 13.5. The lowest BCUT2D eigenvalue weighted by atomic mass is 9.99. The second-order valence-electron chi connectivity index (χ2n) is 9.66. The van der Waals surface area contributed by atoms with E-state index in [2.05, 4.69) is 55.1 Å². The van der Waals surface area contributed by atoms with Gasteiger partial charge < -0.3 is 18.6 Å². The van der Waals surface area contributed by atoms with E-state index in [4.69, 9.17) is 24.2 Å². The summed E-state index contributed by atoms with van der Waals surface area (Å²) >= 11 is 0. The standard InChI is InChI=1S/C25H31N3O5Si/c1-5-30-23(29)25-16-20(27-28-26)22(33-25)21(32-25)17-31-34(24(2,3)4,18-12-8-6-9-13-18)19-14-10-7-11-15-19/h6-15,20-22H,5,16-17H2,1-4H3. The molecule has 2 heterocycles. The van der Waals surface area contributed by atoms with Gasteiger partial charge in [0.15, 0.2) is 0 Å². The van der Waals surface area contributed by atoms with Crippen molar-refractivity contribution in [2.75, 3.05) is 13.2 Å². The molecule has 2 aromatic rings. The molecule has 34 heavy (non-hydrogen) atoms. The van der Waals surface area contributed by atoms with Crippen molar-refractivity contribution < 1.29 is 23.4 Å². The maximum atomic E-state index is 12.7. The topological polar surface area (TPSA) is 103 Å². The molecule has 4 atom stereocenters. The first kappa shape index (κ1) is 24.4. The van der Waals surface area contributed by atoms with E-state index in [-0.39, 0.29) is 24.7 Å². The molecule has 4 unspecified atom stereocenters. The summed E-state index contributed by atoms with van der Waals surface area (Å²) in [5.74, 6) is -2.15. The summed E-state index contributed by atoms with van der Waals surface area (Å²) in [6.07, 6.45) is -1.02. The quantitative estimate of drug-likeness (QED) is 0.188. The summed E-state index contributed by atoms with van der Waals surface area (Å²) in [4.78, 5) is 15.6. The van der Waals surface area contributed by atoms with Crippen LogP contribution < -0.4 is 10.4 Å². The van der Waals surface area contributed by atoms with E-state index in [0.29, 0.717) is 0 Å². The number of ether oxygens (including phenoxy) is 3. The van der Waals surface area contributed by atoms with Crippen LogP contribution in [0.15, 0.2) is 65.8 Å². The third-order valence-electron chi connectivity index (χ3n) is 6.56. The monoisotopic (exact) mass is 481 g/mol. The van der Waals surface area contributed by atoms with Gasteiger partial charge in [-0.05, 0) is 27.9 Å². The number of esters is 1. The Morgan fingerprint density at radius 3 is 2.21 bits per heavy atom. The van der Waals surface area contributed by atoms with E-state index in [1.54, 1.807) is 6.92 Å². The van der Waals surface area contributed by atoms with Gasteiger partial charge in [0.2, 0.25) is 0 Å². The molecule has 0 aliphatic carbocycles. The average Bonchev–Trinajstić information content (AvgIpc) is 3.37. The van der Waals surface area contributed by atoms with Crippen LogP contribution in [0.25, 0.3) is 10.4 Å². The van der Waals surface area contributed by atoms with E-state index in [0.717, 1.165) is 10.4 Å². The van der Waals surface area contributed by atoms with Crippen LogP contribution in [0.3, 0.4) is 0 Å². The van der Waals surface area contributed by atoms with Gasteiger partial charge in [-0.3, -0.25) is 0 Å². The van der Waals surface area contributed by atoms with Gasteiger partial charge >= 0.3 is 5.97 Å². The smallest absolute Gasteiger partial charge is 0.366 e. The number of rotatable bonds is 8. The van der Waals surface area contributed by atoms with Gasteiger partial charge in [-0.1, -0.05) is 86.5 Å². The highest BCUT2D eigenvalue weighted by atomic mass is 28.4. The molecule has 9 heteroatoms. The summed E-state index contributed by atoms with van der Waals surface area (Å²) < 4.78 is 24.3. The maximum absolute atomic E-state index is 12.7. The Morgan fingerprint density at radius 2 is 1.71 bits per heavy atom. The summed E-state index contributed by atoms with van der Waals surface area (Å²) in [5, 5.41) is 5.95. The highest BCUT2D eigenvalue weighted by Gasteiger charge is 2.64. The van der Waals surface area contributed by atoms with Crippen LogP contribution in [0.2, 0.25) is 5.04 Å². The van der Waals surface area contributed by atoms with Gasteiger partial charge in [-0.25, -0.2) is 4.79 Å². The molecule has 2 aliphatic heterocycles. The lowest BCUT2D eigenvalue weighted by Gasteiger charge is -2.44. The van der Waals surface area contributed by atoms with Crippen molar-refractivity contribution in [3.8, 4) is 0 Å². The summed E-state index contributed by atoms with van der Waals surface area (Å²) in [5.41, 5.74) is 9.05. The van der Waals surface area contributed by atoms with Crippen LogP contribution in [0, 0.1) is 0 Å². The summed E-state index contributed by atoms with van der Waals surface area (Å²) in [7, 11) is -2.81. The number of carbonyl (C=O) groups excluding carboxylic acids is 1. The van der Waals surface area contributed by atoms with Gasteiger partial charge in [0, 0.05) is 11.3 Å². The third kappa shape index (κ3) is 4.14. The van der Waals surface area contributed by atoms with E-state index >= 15 is 0 Å². The van der Waals surface area contributed by atoms with E-state index in [9.17, 15) is 4.79 Å². The number of hydrogen-bond donors (Lipinski definition) is 0. The zero-order valence-corrected chi connectivity index (χ0v) is 21.0. The number of nitrogens with zero attached hydrogens (tertiary/aromatic N) is 3. The Hall–Kier alpha value is -2.68. The van der Waals surface area contributed by atoms with Crippen molar-refractivity contribution in [1.82, 2.24) is 0 Å². The van der Waals surface area contributed by atoms with Gasteiger partial charge in [0.25, 0.3) is 14.1 Å². The van der Waals surface area contributed by atoms with Crippen LogP contribution >= 0.6 is 0 Å². The average molecular weight is 482 g/mol. The molecule has 2 aromatic carbocycles. The van der Waals surface area contributed by atoms with E-state index in [1.165, 1.54) is 0 Å². The third-order valence-corrected chi connectivity index (χ3v) is 11.6. The predicted octanol–water partition coefficient (Wildman–Crippen LogP) is 3.69. The van der Waals surface area contributed by atoms with Crippen LogP contribution in [0.1, 0.15) is 34.1 Å². The molecule has 2 saturated heterocycles. The molecule has 2 fully saturated rings. The van der Waals surface area contributed by atoms with Gasteiger partial charge in [-0.15, -0.1) is 0 Å². The first-order chi connectivity index (χ1) is 16.3. The fraction of sp³-hybridized carbons (Fsp3) is 0.480. The van der Waals surface area contributed by atoms with Gasteiger partial charge in [0.1, 0.15) is 6.10 Å². The van der Waals surface area contributed by atoms with Crippen LogP contribution in [0.5, 0.6) is 0 Å². The Balaban J connectivity index is 1.70. The Labute approximate surface area is 200 Å². The molecule has 8 nitrogen and oxygen atoms in total. The van der Waals surface area contributed by atoms with Crippen molar-refractivity contribution in [2.24, 2.45) is 5.11 Å². The molecule has 180 valence electrons. The molecular formula is C25H31N3O5Si. The van der Waals surface area contributed by atoms with Crippen molar-refractivity contribution in [2.45, 2.75) is 63.2 Å². The lowest BCUT2D eigenvalue weighted by molar-refractivity contribution is -0.208. The highest BCUT2D eigenvalue weighted by molar-refractivity contribution is 6.99. The minimum absolute atomic E-state index is 0.135. The second-order valence-corrected chi connectivity index (χ2v) is 14.0. The van der Waals surface area contributed by atoms with Crippen LogP contribution in [0.4, 0.5) is 0 Å². The molecule has 2 bridgehead atoms. The maximum Gasteiger partial charge on any atom is 0.366 e. The van der Waals surface area contributed by atoms with E-state index in [1.807, 2.05) is 36.4 Å². The minimum Gasteiger partial charge on any atom is -0.462 e. The lowest BCUT2D eigenvalue weighted by Crippen LogP contribution is -2.67. The molecule has 2 aliphatic rings. The molecule has 0 amide bonds. The van der Waals surface area contributed by atoms with Crippen molar-refractivity contribution in [1.29, 1.82) is 0 Å². The molecular weight excluding hydrogens is 450 g/mol. The molecule has 0 N–H and O–H groups in total. The fourth-order valence-corrected chi connectivity index (χ4v) is 9.71. The van der Waals surface area contributed by atoms with E-state index < -0.39 is 38.3 Å². The number of azide groups is 1. The fourth-order valence-electron chi connectivity index (χ4n) is 5.14. The number of hydrogen-bond acceptors (Lipinski definition) is 6. The SMILES string of the molecule is CCOC(=O)C12CC(N=[N+]=[N-])C(O1)C(CO[Si](c1ccccc1)(c1ccccc1)C(C)(C)C)O2. The summed E-state index contributed by atoms with van der Waals surface area (Å²) in [6, 6.07) is 20.0. The van der Waals surface area contributed by atoms with Crippen LogP contribution in [-0.4, -0.2) is 51.5 Å². The largest absolute Gasteiger partial charge is 0.462 e. The number of benzene rings is 2. The Bertz CT molecular complexity index is 1020. The highest BCUT2D eigenvalue weighted by Crippen LogP contribution is 2.46. The molecule has 0 radical (unpaired) electrons. The first-order valence-electron chi connectivity index (χ1n) is 11.6. The molecule has 0 spiro atoms. The van der Waals surface area contributed by atoms with Gasteiger partial charge in [0.05, 0.1) is 25.4 Å². The second kappa shape index (κ2) is 9.52. The Kier molecular flexibility index (Phi) is 6.84. The van der Waals surface area contributed by atoms with Gasteiger partial charge in [-0.2, -0.15) is 0 Å². The normalized spacial score (nSPS) is 26.2. The Morgan fingerprint density at radius 1 is 1.12 bits per heavy atom. The molecule has 4 rings (SSSR count). The van der Waals surface area contributed by atoms with Crippen molar-refractivity contribution >= 4 is 24.7 Å².